The summed E-state index contributed by atoms with van der Waals surface area (Å²) in [5.41, 5.74) is 4.12. The van der Waals surface area contributed by atoms with Crippen LogP contribution in [0.25, 0.3) is 0 Å². The van der Waals surface area contributed by atoms with Gasteiger partial charge in [0.1, 0.15) is 5.75 Å². The van der Waals surface area contributed by atoms with E-state index in [2.05, 4.69) is 11.4 Å². The molecule has 1 amide bonds. The molecular weight excluding hydrogens is 286 g/mol. The molecule has 0 saturated heterocycles. The van der Waals surface area contributed by atoms with Crippen molar-refractivity contribution in [1.29, 1.82) is 0 Å². The lowest BCUT2D eigenvalue weighted by Crippen LogP contribution is -2.25. The van der Waals surface area contributed by atoms with Crippen molar-refractivity contribution in [2.45, 2.75) is 40.2 Å². The average molecular weight is 311 g/mol. The molecule has 3 nitrogen and oxygen atoms in total. The minimum absolute atomic E-state index is 0.0171. The molecule has 1 N–H and O–H groups in total. The maximum atomic E-state index is 12.2. The van der Waals surface area contributed by atoms with E-state index in [0.29, 0.717) is 6.54 Å². The van der Waals surface area contributed by atoms with E-state index < -0.39 is 0 Å². The van der Waals surface area contributed by atoms with E-state index >= 15 is 0 Å². The molecule has 0 aromatic heterocycles. The van der Waals surface area contributed by atoms with Gasteiger partial charge in [-0.1, -0.05) is 29.3 Å². The molecule has 0 bridgehead atoms. The van der Waals surface area contributed by atoms with Crippen molar-refractivity contribution in [2.24, 2.45) is 0 Å². The summed E-state index contributed by atoms with van der Waals surface area (Å²) in [6.45, 7) is 8.65. The van der Waals surface area contributed by atoms with Crippen molar-refractivity contribution in [2.75, 3.05) is 6.54 Å². The highest BCUT2D eigenvalue weighted by atomic mass is 16.5. The van der Waals surface area contributed by atoms with Gasteiger partial charge in [-0.15, -0.1) is 0 Å². The molecule has 2 rings (SSSR count). The second kappa shape index (κ2) is 7.82. The Morgan fingerprint density at radius 2 is 1.65 bits per heavy atom. The molecule has 0 aliphatic rings. The molecule has 0 radical (unpaired) electrons. The summed E-state index contributed by atoms with van der Waals surface area (Å²) in [5, 5.41) is 2.98. The number of nitrogens with one attached hydrogen (secondary N) is 1. The van der Waals surface area contributed by atoms with Crippen LogP contribution in [0.2, 0.25) is 0 Å². The van der Waals surface area contributed by atoms with Crippen LogP contribution in [-0.2, 0) is 6.42 Å². The predicted molar refractivity (Wildman–Crippen MR) is 94.2 cm³/mol. The smallest absolute Gasteiger partial charge is 0.251 e. The summed E-state index contributed by atoms with van der Waals surface area (Å²) in [6.07, 6.45) is 0.983. The first-order chi connectivity index (χ1) is 10.9. The Balaban J connectivity index is 1.85. The van der Waals surface area contributed by atoms with Gasteiger partial charge < -0.3 is 10.1 Å². The Bertz CT molecular complexity index is 640. The third kappa shape index (κ3) is 5.44. The predicted octanol–water partition coefficient (Wildman–Crippen LogP) is 4.06. The molecule has 23 heavy (non-hydrogen) atoms. The summed E-state index contributed by atoms with van der Waals surface area (Å²) in [7, 11) is 0. The molecule has 0 spiro atoms. The molecular formula is C20H25NO2. The van der Waals surface area contributed by atoms with E-state index in [9.17, 15) is 4.79 Å². The quantitative estimate of drug-likeness (QED) is 0.873. The highest BCUT2D eigenvalue weighted by Gasteiger charge is 2.06. The van der Waals surface area contributed by atoms with Crippen LogP contribution >= 0.6 is 0 Å². The fourth-order valence-corrected chi connectivity index (χ4v) is 2.54. The van der Waals surface area contributed by atoms with Crippen molar-refractivity contribution in [3.8, 4) is 5.75 Å². The lowest BCUT2D eigenvalue weighted by atomic mass is 10.1. The van der Waals surface area contributed by atoms with Gasteiger partial charge in [0.15, 0.2) is 0 Å². The standard InChI is InChI=1S/C20H25NO2/c1-14(2)23-19-7-5-17(6-8-19)9-10-21-20(22)18-12-15(3)11-16(4)13-18/h5-8,11-14H,9-10H2,1-4H3,(H,21,22). The van der Waals surface area contributed by atoms with Gasteiger partial charge in [-0.3, -0.25) is 4.79 Å². The number of aryl methyl sites for hydroxylation is 2. The maximum Gasteiger partial charge on any atom is 0.251 e. The van der Waals surface area contributed by atoms with Crippen molar-refractivity contribution >= 4 is 5.91 Å². The minimum atomic E-state index is -0.0171. The zero-order valence-electron chi connectivity index (χ0n) is 14.3. The number of hydrogen-bond acceptors (Lipinski definition) is 2. The second-order valence-corrected chi connectivity index (χ2v) is 6.19. The molecule has 0 heterocycles. The van der Waals surface area contributed by atoms with Gasteiger partial charge in [0.2, 0.25) is 0 Å². The maximum absolute atomic E-state index is 12.2. The van der Waals surface area contributed by atoms with Crippen molar-refractivity contribution in [3.63, 3.8) is 0 Å². The first-order valence-electron chi connectivity index (χ1n) is 8.06. The Hall–Kier alpha value is -2.29. The fraction of sp³-hybridized carbons (Fsp3) is 0.350. The Labute approximate surface area is 138 Å². The number of benzene rings is 2. The van der Waals surface area contributed by atoms with Gasteiger partial charge in [0.25, 0.3) is 5.91 Å². The van der Waals surface area contributed by atoms with Crippen LogP contribution in [0.3, 0.4) is 0 Å². The monoisotopic (exact) mass is 311 g/mol. The third-order valence-electron chi connectivity index (χ3n) is 3.48. The number of carbonyl (C=O) groups excluding carboxylic acids is 1. The SMILES string of the molecule is Cc1cc(C)cc(C(=O)NCCc2ccc(OC(C)C)cc2)c1. The summed E-state index contributed by atoms with van der Waals surface area (Å²) in [4.78, 5) is 12.2. The van der Waals surface area contributed by atoms with Crippen LogP contribution in [0.15, 0.2) is 42.5 Å². The second-order valence-electron chi connectivity index (χ2n) is 6.19. The largest absolute Gasteiger partial charge is 0.491 e. The molecule has 0 atom stereocenters. The summed E-state index contributed by atoms with van der Waals surface area (Å²) in [6, 6.07) is 13.9. The molecule has 0 saturated carbocycles. The zero-order chi connectivity index (χ0) is 16.8. The normalized spacial score (nSPS) is 10.7. The van der Waals surface area contributed by atoms with Crippen LogP contribution in [-0.4, -0.2) is 18.6 Å². The molecule has 2 aromatic rings. The van der Waals surface area contributed by atoms with Gasteiger partial charge in [0.05, 0.1) is 6.10 Å². The van der Waals surface area contributed by atoms with Gasteiger partial charge in [-0.05, 0) is 63.9 Å². The number of carbonyl (C=O) groups is 1. The van der Waals surface area contributed by atoms with Crippen molar-refractivity contribution < 1.29 is 9.53 Å². The van der Waals surface area contributed by atoms with E-state index in [4.69, 9.17) is 4.74 Å². The molecule has 0 unspecified atom stereocenters. The molecule has 122 valence electrons. The van der Waals surface area contributed by atoms with E-state index in [1.54, 1.807) is 0 Å². The fourth-order valence-electron chi connectivity index (χ4n) is 2.54. The summed E-state index contributed by atoms with van der Waals surface area (Å²) in [5.74, 6) is 0.861. The lowest BCUT2D eigenvalue weighted by Gasteiger charge is -2.10. The molecule has 3 heteroatoms. The lowest BCUT2D eigenvalue weighted by molar-refractivity contribution is 0.0954. The van der Waals surface area contributed by atoms with E-state index in [1.165, 1.54) is 5.56 Å². The van der Waals surface area contributed by atoms with Crippen LogP contribution < -0.4 is 10.1 Å². The van der Waals surface area contributed by atoms with Crippen LogP contribution in [0.4, 0.5) is 0 Å². The average Bonchev–Trinajstić information content (AvgIpc) is 2.47. The Morgan fingerprint density at radius 3 is 2.22 bits per heavy atom. The molecule has 0 fully saturated rings. The molecule has 0 aliphatic heterocycles. The number of ether oxygens (including phenoxy) is 1. The van der Waals surface area contributed by atoms with Gasteiger partial charge in [-0.2, -0.15) is 0 Å². The topological polar surface area (TPSA) is 38.3 Å². The molecule has 2 aromatic carbocycles. The first-order valence-corrected chi connectivity index (χ1v) is 8.06. The number of hydrogen-bond donors (Lipinski definition) is 1. The Morgan fingerprint density at radius 1 is 1.04 bits per heavy atom. The summed E-state index contributed by atoms with van der Waals surface area (Å²) >= 11 is 0. The van der Waals surface area contributed by atoms with E-state index in [1.807, 2.05) is 64.1 Å². The zero-order valence-corrected chi connectivity index (χ0v) is 14.3. The number of rotatable bonds is 6. The van der Waals surface area contributed by atoms with Crippen molar-refractivity contribution in [1.82, 2.24) is 5.32 Å². The first kappa shape index (κ1) is 17.1. The van der Waals surface area contributed by atoms with Crippen LogP contribution in [0, 0.1) is 13.8 Å². The van der Waals surface area contributed by atoms with E-state index in [0.717, 1.165) is 28.9 Å². The van der Waals surface area contributed by atoms with Gasteiger partial charge in [0, 0.05) is 12.1 Å². The summed E-state index contributed by atoms with van der Waals surface area (Å²) < 4.78 is 5.62. The van der Waals surface area contributed by atoms with Gasteiger partial charge in [-0.25, -0.2) is 0 Å². The highest BCUT2D eigenvalue weighted by molar-refractivity contribution is 5.94. The van der Waals surface area contributed by atoms with Crippen molar-refractivity contribution in [3.05, 3.63) is 64.7 Å². The van der Waals surface area contributed by atoms with Gasteiger partial charge >= 0.3 is 0 Å². The molecule has 0 aliphatic carbocycles. The minimum Gasteiger partial charge on any atom is -0.491 e. The third-order valence-corrected chi connectivity index (χ3v) is 3.48. The van der Waals surface area contributed by atoms with Crippen LogP contribution in [0.5, 0.6) is 5.75 Å². The highest BCUT2D eigenvalue weighted by Crippen LogP contribution is 2.14. The van der Waals surface area contributed by atoms with E-state index in [-0.39, 0.29) is 12.0 Å². The number of amides is 1. The Kier molecular flexibility index (Phi) is 5.80. The van der Waals surface area contributed by atoms with Crippen LogP contribution in [0.1, 0.15) is 40.9 Å².